The Bertz CT molecular complexity index is 366. The summed E-state index contributed by atoms with van der Waals surface area (Å²) in [6, 6.07) is 6.32. The molecule has 0 radical (unpaired) electrons. The molecule has 1 aromatic carbocycles. The molecule has 0 aliphatic carbocycles. The van der Waals surface area contributed by atoms with Gasteiger partial charge < -0.3 is 10.1 Å². The van der Waals surface area contributed by atoms with Gasteiger partial charge in [0.1, 0.15) is 11.9 Å². The molecule has 1 atom stereocenters. The Labute approximate surface area is 116 Å². The first-order valence-electron chi connectivity index (χ1n) is 6.69. The van der Waals surface area contributed by atoms with Gasteiger partial charge in [-0.1, -0.05) is 38.8 Å². The summed E-state index contributed by atoms with van der Waals surface area (Å²) >= 11 is 6.01. The van der Waals surface area contributed by atoms with Crippen LogP contribution in [0.3, 0.4) is 0 Å². The third kappa shape index (κ3) is 5.28. The maximum Gasteiger partial charge on any atom is 0.120 e. The van der Waals surface area contributed by atoms with Crippen LogP contribution in [0.2, 0.25) is 5.02 Å². The fourth-order valence-electron chi connectivity index (χ4n) is 1.77. The lowest BCUT2D eigenvalue weighted by atomic mass is 10.2. The van der Waals surface area contributed by atoms with Crippen LogP contribution in [0.5, 0.6) is 5.75 Å². The van der Waals surface area contributed by atoms with Crippen molar-refractivity contribution in [1.29, 1.82) is 0 Å². The third-order valence-corrected chi connectivity index (χ3v) is 3.22. The summed E-state index contributed by atoms with van der Waals surface area (Å²) in [5, 5.41) is 4.21. The summed E-state index contributed by atoms with van der Waals surface area (Å²) in [6.07, 6.45) is 2.40. The van der Waals surface area contributed by atoms with Gasteiger partial charge in [-0.05, 0) is 37.1 Å². The molecule has 0 amide bonds. The van der Waals surface area contributed by atoms with E-state index in [4.69, 9.17) is 16.3 Å². The molecule has 0 aliphatic heterocycles. The third-order valence-electron chi connectivity index (χ3n) is 2.80. The van der Waals surface area contributed by atoms with Crippen LogP contribution in [0.15, 0.2) is 18.2 Å². The maximum atomic E-state index is 6.02. The highest BCUT2D eigenvalue weighted by Gasteiger charge is 2.10. The van der Waals surface area contributed by atoms with Gasteiger partial charge in [0.15, 0.2) is 0 Å². The SMILES string of the molecule is CCCC(CNC(C)C)Oc1ccc(Cl)c(C)c1. The Morgan fingerprint density at radius 3 is 2.61 bits per heavy atom. The number of ether oxygens (including phenoxy) is 1. The molecule has 3 heteroatoms. The van der Waals surface area contributed by atoms with Crippen molar-refractivity contribution in [2.24, 2.45) is 0 Å². The summed E-state index contributed by atoms with van der Waals surface area (Å²) in [6.45, 7) is 9.35. The molecule has 0 spiro atoms. The number of hydrogen-bond acceptors (Lipinski definition) is 2. The lowest BCUT2D eigenvalue weighted by Crippen LogP contribution is -2.35. The predicted octanol–water partition coefficient (Wildman–Crippen LogP) is 4.19. The molecular weight excluding hydrogens is 246 g/mol. The minimum Gasteiger partial charge on any atom is -0.489 e. The zero-order valence-electron chi connectivity index (χ0n) is 11.8. The van der Waals surface area contributed by atoms with Gasteiger partial charge in [-0.25, -0.2) is 0 Å². The van der Waals surface area contributed by atoms with Crippen molar-refractivity contribution in [1.82, 2.24) is 5.32 Å². The zero-order valence-corrected chi connectivity index (χ0v) is 12.6. The van der Waals surface area contributed by atoms with Crippen molar-refractivity contribution in [2.45, 2.75) is 52.7 Å². The van der Waals surface area contributed by atoms with E-state index in [-0.39, 0.29) is 6.10 Å². The summed E-state index contributed by atoms with van der Waals surface area (Å²) in [5.74, 6) is 0.904. The van der Waals surface area contributed by atoms with Gasteiger partial charge in [-0.15, -0.1) is 0 Å². The number of aryl methyl sites for hydroxylation is 1. The van der Waals surface area contributed by atoms with Gasteiger partial charge in [-0.3, -0.25) is 0 Å². The Balaban J connectivity index is 2.61. The first kappa shape index (κ1) is 15.3. The first-order valence-corrected chi connectivity index (χ1v) is 7.07. The topological polar surface area (TPSA) is 21.3 Å². The normalized spacial score (nSPS) is 12.8. The number of nitrogens with one attached hydrogen (secondary N) is 1. The molecule has 0 heterocycles. The Morgan fingerprint density at radius 2 is 2.06 bits per heavy atom. The van der Waals surface area contributed by atoms with E-state index in [2.05, 4.69) is 26.1 Å². The van der Waals surface area contributed by atoms with Crippen LogP contribution in [0, 0.1) is 6.92 Å². The van der Waals surface area contributed by atoms with Crippen LogP contribution in [-0.4, -0.2) is 18.7 Å². The van der Waals surface area contributed by atoms with Gasteiger partial charge in [0.05, 0.1) is 0 Å². The quantitative estimate of drug-likeness (QED) is 0.801. The van der Waals surface area contributed by atoms with Crippen molar-refractivity contribution < 1.29 is 4.74 Å². The lowest BCUT2D eigenvalue weighted by Gasteiger charge is -2.21. The van der Waals surface area contributed by atoms with E-state index in [0.29, 0.717) is 6.04 Å². The molecule has 102 valence electrons. The molecule has 1 unspecified atom stereocenters. The fraction of sp³-hybridized carbons (Fsp3) is 0.600. The Hall–Kier alpha value is -0.730. The van der Waals surface area contributed by atoms with Crippen LogP contribution in [0.25, 0.3) is 0 Å². The molecule has 0 aromatic heterocycles. The minimum atomic E-state index is 0.220. The van der Waals surface area contributed by atoms with Crippen LogP contribution >= 0.6 is 11.6 Å². The van der Waals surface area contributed by atoms with Crippen molar-refractivity contribution in [3.63, 3.8) is 0 Å². The van der Waals surface area contributed by atoms with E-state index >= 15 is 0 Å². The highest BCUT2D eigenvalue weighted by molar-refractivity contribution is 6.31. The monoisotopic (exact) mass is 269 g/mol. The number of halogens is 1. The van der Waals surface area contributed by atoms with E-state index in [1.807, 2.05) is 25.1 Å². The molecule has 1 rings (SSSR count). The van der Waals surface area contributed by atoms with E-state index in [1.54, 1.807) is 0 Å². The fourth-order valence-corrected chi connectivity index (χ4v) is 1.89. The summed E-state index contributed by atoms with van der Waals surface area (Å²) in [5.41, 5.74) is 1.06. The highest BCUT2D eigenvalue weighted by Crippen LogP contribution is 2.22. The number of rotatable bonds is 7. The van der Waals surface area contributed by atoms with Gasteiger partial charge in [0.2, 0.25) is 0 Å². The van der Waals surface area contributed by atoms with Crippen LogP contribution in [-0.2, 0) is 0 Å². The largest absolute Gasteiger partial charge is 0.489 e. The standard InChI is InChI=1S/C15H24ClNO/c1-5-6-14(10-17-11(2)3)18-13-7-8-15(16)12(4)9-13/h7-9,11,14,17H,5-6,10H2,1-4H3. The van der Waals surface area contributed by atoms with Crippen molar-refractivity contribution >= 4 is 11.6 Å². The Kier molecular flexibility index (Phi) is 6.51. The van der Waals surface area contributed by atoms with Crippen LogP contribution in [0.4, 0.5) is 0 Å². The first-order chi connectivity index (χ1) is 8.52. The second-order valence-electron chi connectivity index (χ2n) is 5.00. The minimum absolute atomic E-state index is 0.220. The van der Waals surface area contributed by atoms with Crippen molar-refractivity contribution in [3.05, 3.63) is 28.8 Å². The summed E-state index contributed by atoms with van der Waals surface area (Å²) in [7, 11) is 0. The van der Waals surface area contributed by atoms with Crippen LogP contribution < -0.4 is 10.1 Å². The van der Waals surface area contributed by atoms with Gasteiger partial charge in [-0.2, -0.15) is 0 Å². The Morgan fingerprint density at radius 1 is 1.33 bits per heavy atom. The molecule has 2 nitrogen and oxygen atoms in total. The molecule has 0 bridgehead atoms. The summed E-state index contributed by atoms with van der Waals surface area (Å²) < 4.78 is 6.02. The highest BCUT2D eigenvalue weighted by atomic mass is 35.5. The average molecular weight is 270 g/mol. The summed E-state index contributed by atoms with van der Waals surface area (Å²) in [4.78, 5) is 0. The second-order valence-corrected chi connectivity index (χ2v) is 5.41. The van der Waals surface area contributed by atoms with E-state index in [9.17, 15) is 0 Å². The van der Waals surface area contributed by atoms with Gasteiger partial charge in [0, 0.05) is 17.6 Å². The number of benzene rings is 1. The molecule has 18 heavy (non-hydrogen) atoms. The van der Waals surface area contributed by atoms with Crippen LogP contribution in [0.1, 0.15) is 39.2 Å². The van der Waals surface area contributed by atoms with E-state index < -0.39 is 0 Å². The predicted molar refractivity (Wildman–Crippen MR) is 78.7 cm³/mol. The molecule has 0 saturated heterocycles. The molecule has 0 fully saturated rings. The molecule has 0 aliphatic rings. The number of hydrogen-bond donors (Lipinski definition) is 1. The van der Waals surface area contributed by atoms with Gasteiger partial charge >= 0.3 is 0 Å². The van der Waals surface area contributed by atoms with E-state index in [0.717, 1.165) is 35.7 Å². The molecule has 0 saturated carbocycles. The molecule has 1 N–H and O–H groups in total. The lowest BCUT2D eigenvalue weighted by molar-refractivity contribution is 0.183. The van der Waals surface area contributed by atoms with E-state index in [1.165, 1.54) is 0 Å². The second kappa shape index (κ2) is 7.65. The van der Waals surface area contributed by atoms with Crippen molar-refractivity contribution in [2.75, 3.05) is 6.54 Å². The van der Waals surface area contributed by atoms with Gasteiger partial charge in [0.25, 0.3) is 0 Å². The zero-order chi connectivity index (χ0) is 13.5. The maximum absolute atomic E-state index is 6.02. The average Bonchev–Trinajstić information content (AvgIpc) is 2.31. The van der Waals surface area contributed by atoms with Crippen molar-refractivity contribution in [3.8, 4) is 5.75 Å². The smallest absolute Gasteiger partial charge is 0.120 e. The molecular formula is C15H24ClNO. The molecule has 1 aromatic rings.